The monoisotopic (exact) mass is 338 g/mol. The van der Waals surface area contributed by atoms with Crippen molar-refractivity contribution in [2.24, 2.45) is 0 Å². The number of hydrogen-bond donors (Lipinski definition) is 0. The molecular formula is C18H14N2O5. The van der Waals surface area contributed by atoms with E-state index < -0.39 is 28.3 Å². The zero-order valence-corrected chi connectivity index (χ0v) is 13.3. The number of nitrogens with zero attached hydrogens (tertiary/aromatic N) is 2. The van der Waals surface area contributed by atoms with Crippen LogP contribution in [0.3, 0.4) is 0 Å². The fraction of sp³-hybridized carbons (Fsp3) is 0.167. The highest BCUT2D eigenvalue weighted by molar-refractivity contribution is 5.92. The minimum absolute atomic E-state index is 0.0216. The van der Waals surface area contributed by atoms with E-state index in [0.29, 0.717) is 0 Å². The average Bonchev–Trinajstić information content (AvgIpc) is 2.61. The van der Waals surface area contributed by atoms with Gasteiger partial charge in [0.2, 0.25) is 0 Å². The number of ether oxygens (including phenoxy) is 1. The summed E-state index contributed by atoms with van der Waals surface area (Å²) < 4.78 is 5.13. The summed E-state index contributed by atoms with van der Waals surface area (Å²) >= 11 is 0. The summed E-state index contributed by atoms with van der Waals surface area (Å²) in [5.74, 6) is -2.49. The van der Waals surface area contributed by atoms with Gasteiger partial charge in [0.1, 0.15) is 12.5 Å². The van der Waals surface area contributed by atoms with Crippen LogP contribution in [0.2, 0.25) is 0 Å². The normalized spacial score (nSPS) is 11.2. The maximum Gasteiger partial charge on any atom is 0.338 e. The molecule has 0 heterocycles. The molecule has 0 aliphatic carbocycles. The molecule has 0 fully saturated rings. The molecular weight excluding hydrogens is 324 g/mol. The Bertz CT molecular complexity index is 856. The van der Waals surface area contributed by atoms with Gasteiger partial charge in [-0.05, 0) is 24.6 Å². The van der Waals surface area contributed by atoms with Crippen molar-refractivity contribution in [2.45, 2.75) is 19.4 Å². The molecule has 2 aromatic carbocycles. The third-order valence-corrected chi connectivity index (χ3v) is 3.52. The van der Waals surface area contributed by atoms with Crippen LogP contribution in [-0.4, -0.2) is 16.7 Å². The molecule has 0 amide bonds. The van der Waals surface area contributed by atoms with Gasteiger partial charge in [0, 0.05) is 6.07 Å². The van der Waals surface area contributed by atoms with Crippen molar-refractivity contribution < 1.29 is 19.2 Å². The maximum absolute atomic E-state index is 12.1. The van der Waals surface area contributed by atoms with Crippen LogP contribution in [0, 0.1) is 21.4 Å². The van der Waals surface area contributed by atoms with Crippen molar-refractivity contribution in [3.63, 3.8) is 0 Å². The van der Waals surface area contributed by atoms with Gasteiger partial charge in [-0.3, -0.25) is 14.9 Å². The van der Waals surface area contributed by atoms with Crippen LogP contribution in [0.25, 0.3) is 0 Å². The Balaban J connectivity index is 2.26. The molecule has 0 spiro atoms. The van der Waals surface area contributed by atoms with Gasteiger partial charge in [-0.1, -0.05) is 30.3 Å². The molecule has 2 aromatic rings. The predicted octanol–water partition coefficient (Wildman–Crippen LogP) is 3.15. The van der Waals surface area contributed by atoms with Crippen LogP contribution in [0.5, 0.6) is 0 Å². The first-order chi connectivity index (χ1) is 11.9. The average molecular weight is 338 g/mol. The fourth-order valence-electron chi connectivity index (χ4n) is 2.26. The maximum atomic E-state index is 12.1. The summed E-state index contributed by atoms with van der Waals surface area (Å²) in [7, 11) is 0. The molecule has 126 valence electrons. The number of hydrogen-bond acceptors (Lipinski definition) is 6. The van der Waals surface area contributed by atoms with Crippen LogP contribution in [0.15, 0.2) is 48.5 Å². The number of carbonyl (C=O) groups is 2. The van der Waals surface area contributed by atoms with Gasteiger partial charge in [-0.15, -0.1) is 0 Å². The third-order valence-electron chi connectivity index (χ3n) is 3.52. The minimum atomic E-state index is -1.25. The van der Waals surface area contributed by atoms with Crippen LogP contribution in [0.4, 0.5) is 5.69 Å². The van der Waals surface area contributed by atoms with Gasteiger partial charge in [0.15, 0.2) is 5.78 Å². The summed E-state index contributed by atoms with van der Waals surface area (Å²) in [5.41, 5.74) is 0.255. The highest BCUT2D eigenvalue weighted by atomic mass is 16.6. The number of nitriles is 1. The predicted molar refractivity (Wildman–Crippen MR) is 87.7 cm³/mol. The molecule has 2 rings (SSSR count). The molecule has 0 aliphatic heterocycles. The topological polar surface area (TPSA) is 110 Å². The first kappa shape index (κ1) is 17.8. The van der Waals surface area contributed by atoms with Gasteiger partial charge in [0.25, 0.3) is 5.69 Å². The molecule has 7 nitrogen and oxygen atoms in total. The number of rotatable bonds is 6. The molecule has 0 saturated heterocycles. The Morgan fingerprint density at radius 1 is 1.24 bits per heavy atom. The van der Waals surface area contributed by atoms with E-state index in [9.17, 15) is 19.7 Å². The molecule has 0 bridgehead atoms. The lowest BCUT2D eigenvalue weighted by molar-refractivity contribution is -0.385. The Morgan fingerprint density at radius 2 is 1.92 bits per heavy atom. The standard InChI is InChI=1S/C18H14N2O5/c1-12(21)16(10-19)15-8-7-14(9-17(15)20(23)24)18(22)25-11-13-5-3-2-4-6-13/h2-9,16H,11H2,1H3. The van der Waals surface area contributed by atoms with Crippen molar-refractivity contribution in [2.75, 3.05) is 0 Å². The van der Waals surface area contributed by atoms with E-state index in [-0.39, 0.29) is 17.7 Å². The zero-order chi connectivity index (χ0) is 18.4. The van der Waals surface area contributed by atoms with Gasteiger partial charge in [0.05, 0.1) is 22.1 Å². The minimum Gasteiger partial charge on any atom is -0.457 e. The van der Waals surface area contributed by atoms with E-state index in [2.05, 4.69) is 0 Å². The Kier molecular flexibility index (Phi) is 5.58. The van der Waals surface area contributed by atoms with Crippen LogP contribution < -0.4 is 0 Å². The van der Waals surface area contributed by atoms with Gasteiger partial charge < -0.3 is 4.74 Å². The molecule has 0 N–H and O–H groups in total. The molecule has 7 heteroatoms. The molecule has 1 unspecified atom stereocenters. The second-order valence-corrected chi connectivity index (χ2v) is 5.27. The first-order valence-corrected chi connectivity index (χ1v) is 7.33. The lowest BCUT2D eigenvalue weighted by Gasteiger charge is -2.09. The lowest BCUT2D eigenvalue weighted by Crippen LogP contribution is -2.11. The largest absolute Gasteiger partial charge is 0.457 e. The number of esters is 1. The lowest BCUT2D eigenvalue weighted by atomic mass is 9.94. The summed E-state index contributed by atoms with van der Waals surface area (Å²) in [6.07, 6.45) is 0. The van der Waals surface area contributed by atoms with Gasteiger partial charge in [-0.25, -0.2) is 4.79 Å². The molecule has 0 radical (unpaired) electrons. The first-order valence-electron chi connectivity index (χ1n) is 7.33. The third kappa shape index (κ3) is 4.26. The second-order valence-electron chi connectivity index (χ2n) is 5.27. The summed E-state index contributed by atoms with van der Waals surface area (Å²) in [4.78, 5) is 34.1. The van der Waals surface area contributed by atoms with Crippen molar-refractivity contribution in [3.8, 4) is 6.07 Å². The fourth-order valence-corrected chi connectivity index (χ4v) is 2.26. The second kappa shape index (κ2) is 7.84. The highest BCUT2D eigenvalue weighted by Crippen LogP contribution is 2.28. The number of benzene rings is 2. The molecule has 0 aromatic heterocycles. The van der Waals surface area contributed by atoms with Crippen molar-refractivity contribution in [1.82, 2.24) is 0 Å². The number of nitro groups is 1. The number of carbonyl (C=O) groups excluding carboxylic acids is 2. The van der Waals surface area contributed by atoms with Crippen molar-refractivity contribution >= 4 is 17.4 Å². The molecule has 25 heavy (non-hydrogen) atoms. The Hall–Kier alpha value is -3.53. The van der Waals surface area contributed by atoms with Crippen LogP contribution in [-0.2, 0) is 16.1 Å². The van der Waals surface area contributed by atoms with Crippen LogP contribution >= 0.6 is 0 Å². The van der Waals surface area contributed by atoms with E-state index in [1.807, 2.05) is 6.07 Å². The smallest absolute Gasteiger partial charge is 0.338 e. The molecule has 1 atom stereocenters. The Labute approximate surface area is 143 Å². The van der Waals surface area contributed by atoms with E-state index in [1.54, 1.807) is 30.3 Å². The summed E-state index contributed by atoms with van der Waals surface area (Å²) in [6, 6.07) is 14.3. The SMILES string of the molecule is CC(=O)C(C#N)c1ccc(C(=O)OCc2ccccc2)cc1[N+](=O)[O-]. The van der Waals surface area contributed by atoms with Crippen molar-refractivity contribution in [1.29, 1.82) is 5.26 Å². The number of Topliss-reactive ketones (excluding diaryl/α,β-unsaturated/α-hetero) is 1. The Morgan fingerprint density at radius 3 is 2.48 bits per heavy atom. The van der Waals surface area contributed by atoms with Gasteiger partial charge in [-0.2, -0.15) is 5.26 Å². The highest BCUT2D eigenvalue weighted by Gasteiger charge is 2.27. The van der Waals surface area contributed by atoms with E-state index in [4.69, 9.17) is 10.00 Å². The van der Waals surface area contributed by atoms with E-state index in [1.165, 1.54) is 19.1 Å². The summed E-state index contributed by atoms with van der Waals surface area (Å²) in [5, 5.41) is 20.3. The molecule has 0 aliphatic rings. The van der Waals surface area contributed by atoms with Crippen molar-refractivity contribution in [3.05, 3.63) is 75.3 Å². The van der Waals surface area contributed by atoms with E-state index >= 15 is 0 Å². The summed E-state index contributed by atoms with van der Waals surface area (Å²) in [6.45, 7) is 1.21. The van der Waals surface area contributed by atoms with Crippen LogP contribution in [0.1, 0.15) is 34.3 Å². The number of nitro benzene ring substituents is 1. The zero-order valence-electron chi connectivity index (χ0n) is 13.3. The van der Waals surface area contributed by atoms with Gasteiger partial charge >= 0.3 is 5.97 Å². The van der Waals surface area contributed by atoms with E-state index in [0.717, 1.165) is 11.6 Å². The number of ketones is 1. The quantitative estimate of drug-likeness (QED) is 0.454. The molecule has 0 saturated carbocycles.